The third-order valence-electron chi connectivity index (χ3n) is 6.04. The number of alkyl halides is 2. The second kappa shape index (κ2) is 8.29. The van der Waals surface area contributed by atoms with E-state index in [1.807, 2.05) is 0 Å². The molecule has 3 heterocycles. The molecular formula is C22H24F3N5O3S. The minimum atomic E-state index is -3.69. The van der Waals surface area contributed by atoms with E-state index in [4.69, 9.17) is 10.5 Å². The van der Waals surface area contributed by atoms with Crippen LogP contribution in [-0.4, -0.2) is 48.9 Å². The fourth-order valence-electron chi connectivity index (χ4n) is 3.72. The number of rotatable bonds is 5. The van der Waals surface area contributed by atoms with E-state index in [1.165, 1.54) is 39.4 Å². The van der Waals surface area contributed by atoms with Gasteiger partial charge in [-0.3, -0.25) is 14.1 Å². The Bertz CT molecular complexity index is 1290. The van der Waals surface area contributed by atoms with Gasteiger partial charge in [-0.25, -0.2) is 23.1 Å². The van der Waals surface area contributed by atoms with Crippen LogP contribution in [0.5, 0.6) is 5.75 Å². The van der Waals surface area contributed by atoms with Crippen LogP contribution in [0.3, 0.4) is 0 Å². The lowest BCUT2D eigenvalue weighted by molar-refractivity contribution is 0.0608. The third-order valence-corrected chi connectivity index (χ3v) is 8.73. The van der Waals surface area contributed by atoms with Crippen LogP contribution in [0.15, 0.2) is 47.7 Å². The molecule has 8 nitrogen and oxygen atoms in total. The Hall–Kier alpha value is -3.09. The summed E-state index contributed by atoms with van der Waals surface area (Å²) < 4.78 is 68.9. The second-order valence-corrected chi connectivity index (χ2v) is 11.1. The number of ether oxygens (including phenoxy) is 1. The number of nitrogens with zero attached hydrogens (tertiary/aromatic N) is 3. The standard InChI is InChI=1S/C22H24F3N5O3S/c1-21(2)20(26)30-22(19(24)25,11-34(21,31)32)15-9-13(4-5-16(15)23)29-18-17-12(6-7-27-18)8-14(33-3)10-28-17/h4-10,19,31-32H,11H2,1-3H3,(H2,26,30)(H,27,29)/t22-/m0/s1. The monoisotopic (exact) mass is 495 g/mol. The Labute approximate surface area is 195 Å². The van der Waals surface area contributed by atoms with E-state index < -0.39 is 44.4 Å². The number of halogens is 3. The van der Waals surface area contributed by atoms with Crippen molar-refractivity contribution >= 4 is 38.8 Å². The number of anilines is 2. The number of amidine groups is 1. The van der Waals surface area contributed by atoms with Crippen LogP contribution in [0, 0.1) is 5.82 Å². The first-order chi connectivity index (χ1) is 15.9. The van der Waals surface area contributed by atoms with Crippen molar-refractivity contribution < 1.29 is 27.0 Å². The normalized spacial score (nSPS) is 22.3. The van der Waals surface area contributed by atoms with Gasteiger partial charge in [0.2, 0.25) is 0 Å². The third kappa shape index (κ3) is 3.81. The summed E-state index contributed by atoms with van der Waals surface area (Å²) in [5.41, 5.74) is 3.51. The van der Waals surface area contributed by atoms with Gasteiger partial charge in [0.15, 0.2) is 11.4 Å². The zero-order valence-corrected chi connectivity index (χ0v) is 19.4. The highest BCUT2D eigenvalue weighted by atomic mass is 32.3. The molecule has 3 aromatic rings. The predicted octanol–water partition coefficient (Wildman–Crippen LogP) is 4.88. The molecule has 0 bridgehead atoms. The summed E-state index contributed by atoms with van der Waals surface area (Å²) in [6.45, 7) is 2.80. The first-order valence-electron chi connectivity index (χ1n) is 10.2. The molecule has 12 heteroatoms. The molecule has 0 spiro atoms. The van der Waals surface area contributed by atoms with Gasteiger partial charge < -0.3 is 15.8 Å². The highest BCUT2D eigenvalue weighted by molar-refractivity contribution is 8.26. The van der Waals surface area contributed by atoms with Crippen LogP contribution in [-0.2, 0) is 5.54 Å². The van der Waals surface area contributed by atoms with E-state index >= 15 is 0 Å². The quantitative estimate of drug-likeness (QED) is 0.397. The summed E-state index contributed by atoms with van der Waals surface area (Å²) in [7, 11) is -2.18. The summed E-state index contributed by atoms with van der Waals surface area (Å²) in [6.07, 6.45) is -0.230. The van der Waals surface area contributed by atoms with E-state index in [9.17, 15) is 22.3 Å². The number of methoxy groups -OCH3 is 1. The average Bonchev–Trinajstić information content (AvgIpc) is 2.78. The Kier molecular flexibility index (Phi) is 5.86. The molecule has 1 aliphatic rings. The molecule has 1 aromatic carbocycles. The first kappa shape index (κ1) is 24.0. The summed E-state index contributed by atoms with van der Waals surface area (Å²) in [4.78, 5) is 12.5. The van der Waals surface area contributed by atoms with Crippen LogP contribution >= 0.6 is 10.6 Å². The Balaban J connectivity index is 1.81. The molecular weight excluding hydrogens is 471 g/mol. The maximum Gasteiger partial charge on any atom is 0.269 e. The molecule has 2 aromatic heterocycles. The predicted molar refractivity (Wildman–Crippen MR) is 127 cm³/mol. The van der Waals surface area contributed by atoms with Gasteiger partial charge in [0, 0.05) is 22.8 Å². The number of aliphatic imine (C=N–C) groups is 1. The minimum Gasteiger partial charge on any atom is -0.495 e. The smallest absolute Gasteiger partial charge is 0.269 e. The van der Waals surface area contributed by atoms with Crippen molar-refractivity contribution in [2.24, 2.45) is 10.7 Å². The zero-order chi connectivity index (χ0) is 24.9. The highest BCUT2D eigenvalue weighted by Crippen LogP contribution is 2.60. The zero-order valence-electron chi connectivity index (χ0n) is 18.6. The van der Waals surface area contributed by atoms with Crippen molar-refractivity contribution in [1.29, 1.82) is 0 Å². The Morgan fingerprint density at radius 2 is 1.91 bits per heavy atom. The molecule has 0 radical (unpaired) electrons. The number of benzene rings is 1. The van der Waals surface area contributed by atoms with Gasteiger partial charge in [-0.15, -0.1) is 0 Å². The van der Waals surface area contributed by atoms with E-state index in [0.717, 1.165) is 12.1 Å². The van der Waals surface area contributed by atoms with E-state index in [0.29, 0.717) is 22.5 Å². The number of fused-ring (bicyclic) bond motifs is 1. The van der Waals surface area contributed by atoms with Gasteiger partial charge in [-0.05, 0) is 44.2 Å². The number of aromatic nitrogens is 2. The van der Waals surface area contributed by atoms with Crippen molar-refractivity contribution in [2.45, 2.75) is 30.6 Å². The molecule has 4 rings (SSSR count). The minimum absolute atomic E-state index is 0.226. The maximum absolute atomic E-state index is 14.9. The van der Waals surface area contributed by atoms with E-state index in [-0.39, 0.29) is 11.5 Å². The fourth-order valence-corrected chi connectivity index (χ4v) is 5.42. The molecule has 0 aliphatic carbocycles. The number of nitrogens with one attached hydrogen (secondary N) is 1. The van der Waals surface area contributed by atoms with Crippen LogP contribution in [0.4, 0.5) is 24.7 Å². The number of pyridine rings is 2. The summed E-state index contributed by atoms with van der Waals surface area (Å²) in [5.74, 6) is -1.39. The van der Waals surface area contributed by atoms with Crippen LogP contribution in [0.2, 0.25) is 0 Å². The molecule has 1 aliphatic heterocycles. The lowest BCUT2D eigenvalue weighted by atomic mass is 9.91. The van der Waals surface area contributed by atoms with Gasteiger partial charge in [0.05, 0.1) is 19.1 Å². The molecule has 182 valence electrons. The lowest BCUT2D eigenvalue weighted by Crippen LogP contribution is -2.55. The number of nitrogens with two attached hydrogens (primary N) is 1. The van der Waals surface area contributed by atoms with Crippen molar-refractivity contribution in [3.63, 3.8) is 0 Å². The SMILES string of the molecule is COc1cnc2c(Nc3ccc(F)c([C@]4(C(F)F)CS(O)(O)C(C)(C)C(N)=N4)c3)nccc2c1. The number of hydrogen-bond acceptors (Lipinski definition) is 8. The molecule has 1 atom stereocenters. The Morgan fingerprint density at radius 1 is 1.18 bits per heavy atom. The molecule has 5 N–H and O–H groups in total. The van der Waals surface area contributed by atoms with Crippen molar-refractivity contribution in [3.8, 4) is 5.75 Å². The summed E-state index contributed by atoms with van der Waals surface area (Å²) >= 11 is 0. The van der Waals surface area contributed by atoms with Gasteiger partial charge in [-0.2, -0.15) is 10.6 Å². The molecule has 0 amide bonds. The second-order valence-electron chi connectivity index (χ2n) is 8.47. The van der Waals surface area contributed by atoms with E-state index in [2.05, 4.69) is 20.3 Å². The van der Waals surface area contributed by atoms with E-state index in [1.54, 1.807) is 12.1 Å². The molecule has 34 heavy (non-hydrogen) atoms. The van der Waals surface area contributed by atoms with Gasteiger partial charge >= 0.3 is 0 Å². The Morgan fingerprint density at radius 3 is 2.56 bits per heavy atom. The number of hydrogen-bond donors (Lipinski definition) is 4. The fraction of sp³-hybridized carbons (Fsp3) is 0.318. The molecule has 0 saturated heterocycles. The van der Waals surface area contributed by atoms with Gasteiger partial charge in [-0.1, -0.05) is 0 Å². The van der Waals surface area contributed by atoms with Crippen molar-refractivity contribution in [1.82, 2.24) is 9.97 Å². The van der Waals surface area contributed by atoms with Crippen LogP contribution in [0.1, 0.15) is 19.4 Å². The highest BCUT2D eigenvalue weighted by Gasteiger charge is 2.56. The van der Waals surface area contributed by atoms with Crippen LogP contribution < -0.4 is 15.8 Å². The summed E-state index contributed by atoms with van der Waals surface area (Å²) in [6, 6.07) is 6.98. The molecule has 0 fully saturated rings. The lowest BCUT2D eigenvalue weighted by Gasteiger charge is -2.53. The average molecular weight is 496 g/mol. The van der Waals surface area contributed by atoms with Crippen molar-refractivity contribution in [2.75, 3.05) is 18.2 Å². The van der Waals surface area contributed by atoms with Crippen molar-refractivity contribution in [3.05, 3.63) is 54.1 Å². The largest absolute Gasteiger partial charge is 0.495 e. The summed E-state index contributed by atoms with van der Waals surface area (Å²) in [5, 5.41) is 3.68. The van der Waals surface area contributed by atoms with Crippen LogP contribution in [0.25, 0.3) is 10.9 Å². The molecule has 0 unspecified atom stereocenters. The molecule has 0 saturated carbocycles. The van der Waals surface area contributed by atoms with Gasteiger partial charge in [0.25, 0.3) is 6.43 Å². The van der Waals surface area contributed by atoms with Gasteiger partial charge in [0.1, 0.15) is 27.7 Å². The topological polar surface area (TPSA) is 126 Å². The maximum atomic E-state index is 14.9. The first-order valence-corrected chi connectivity index (χ1v) is 11.9.